The van der Waals surface area contributed by atoms with E-state index in [-0.39, 0.29) is 0 Å². The molecule has 0 bridgehead atoms. The maximum atomic E-state index is 5.91. The molecule has 0 radical (unpaired) electrons. The van der Waals surface area contributed by atoms with Crippen molar-refractivity contribution in [3.8, 4) is 11.1 Å². The Hall–Kier alpha value is -2.03. The molecule has 0 atom stereocenters. The van der Waals surface area contributed by atoms with Crippen LogP contribution in [0.2, 0.25) is 0 Å². The number of hydrogen-bond acceptors (Lipinski definition) is 3. The fourth-order valence-corrected chi connectivity index (χ4v) is 1.58. The lowest BCUT2D eigenvalue weighted by molar-refractivity contribution is 1.20. The normalized spacial score (nSPS) is 10.2. The van der Waals surface area contributed by atoms with Crippen LogP contribution in [0.1, 0.15) is 5.69 Å². The molecule has 3 nitrogen and oxygen atoms in total. The van der Waals surface area contributed by atoms with E-state index in [4.69, 9.17) is 11.5 Å². The SMILES string of the molecule is Cc1ncccc1-c1cc(N)ccc1N. The molecule has 0 amide bonds. The molecule has 0 spiro atoms. The standard InChI is InChI=1S/C12H13N3/c1-8-10(3-2-6-15-8)11-7-9(13)4-5-12(11)14/h2-7H,13-14H2,1H3. The molecular formula is C12H13N3. The number of anilines is 2. The van der Waals surface area contributed by atoms with Gasteiger partial charge < -0.3 is 11.5 Å². The lowest BCUT2D eigenvalue weighted by Crippen LogP contribution is -1.95. The second-order valence-electron chi connectivity index (χ2n) is 3.48. The first kappa shape index (κ1) is 9.52. The molecule has 1 aromatic heterocycles. The van der Waals surface area contributed by atoms with Crippen LogP contribution in [0.25, 0.3) is 11.1 Å². The van der Waals surface area contributed by atoms with Crippen LogP contribution in [0.5, 0.6) is 0 Å². The van der Waals surface area contributed by atoms with Crippen LogP contribution in [0.15, 0.2) is 36.5 Å². The fraction of sp³-hybridized carbons (Fsp3) is 0.0833. The van der Waals surface area contributed by atoms with Crippen molar-refractivity contribution in [1.82, 2.24) is 4.98 Å². The topological polar surface area (TPSA) is 64.9 Å². The summed E-state index contributed by atoms with van der Waals surface area (Å²) >= 11 is 0. The van der Waals surface area contributed by atoms with Gasteiger partial charge in [0.05, 0.1) is 0 Å². The molecule has 2 aromatic rings. The summed E-state index contributed by atoms with van der Waals surface area (Å²) in [4.78, 5) is 4.23. The third kappa shape index (κ3) is 1.76. The number of benzene rings is 1. The zero-order chi connectivity index (χ0) is 10.8. The van der Waals surface area contributed by atoms with E-state index in [2.05, 4.69) is 4.98 Å². The quantitative estimate of drug-likeness (QED) is 0.692. The van der Waals surface area contributed by atoms with Crippen molar-refractivity contribution in [3.63, 3.8) is 0 Å². The lowest BCUT2D eigenvalue weighted by atomic mass is 10.0. The Balaban J connectivity index is 2.64. The summed E-state index contributed by atoms with van der Waals surface area (Å²) in [6, 6.07) is 9.37. The van der Waals surface area contributed by atoms with Gasteiger partial charge in [-0.25, -0.2) is 0 Å². The minimum atomic E-state index is 0.711. The van der Waals surface area contributed by atoms with Gasteiger partial charge in [0.25, 0.3) is 0 Å². The number of nitrogens with zero attached hydrogens (tertiary/aromatic N) is 1. The number of hydrogen-bond donors (Lipinski definition) is 2. The van der Waals surface area contributed by atoms with Gasteiger partial charge in [-0.2, -0.15) is 0 Å². The molecule has 2 rings (SSSR count). The summed E-state index contributed by atoms with van der Waals surface area (Å²) in [7, 11) is 0. The van der Waals surface area contributed by atoms with Crippen molar-refractivity contribution in [2.45, 2.75) is 6.92 Å². The predicted molar refractivity (Wildman–Crippen MR) is 63.2 cm³/mol. The summed E-state index contributed by atoms with van der Waals surface area (Å²) in [6.45, 7) is 1.96. The Kier molecular flexibility index (Phi) is 2.29. The molecule has 76 valence electrons. The Morgan fingerprint density at radius 3 is 2.60 bits per heavy atom. The van der Waals surface area contributed by atoms with Gasteiger partial charge in [0.2, 0.25) is 0 Å². The first-order valence-corrected chi connectivity index (χ1v) is 4.75. The predicted octanol–water partition coefficient (Wildman–Crippen LogP) is 2.22. The average Bonchev–Trinajstić information content (AvgIpc) is 2.23. The maximum absolute atomic E-state index is 5.91. The molecule has 0 aliphatic heterocycles. The third-order valence-electron chi connectivity index (χ3n) is 2.37. The molecule has 0 saturated heterocycles. The Bertz CT molecular complexity index is 492. The average molecular weight is 199 g/mol. The summed E-state index contributed by atoms with van der Waals surface area (Å²) < 4.78 is 0. The second kappa shape index (κ2) is 3.61. The van der Waals surface area contributed by atoms with Gasteiger partial charge in [-0.3, -0.25) is 4.98 Å². The number of aromatic nitrogens is 1. The molecule has 0 fully saturated rings. The van der Waals surface area contributed by atoms with Crippen LogP contribution in [0.4, 0.5) is 11.4 Å². The van der Waals surface area contributed by atoms with E-state index in [9.17, 15) is 0 Å². The Morgan fingerprint density at radius 1 is 1.07 bits per heavy atom. The number of rotatable bonds is 1. The van der Waals surface area contributed by atoms with Gasteiger partial charge in [0, 0.05) is 34.4 Å². The van der Waals surface area contributed by atoms with Crippen molar-refractivity contribution in [2.24, 2.45) is 0 Å². The van der Waals surface area contributed by atoms with Crippen molar-refractivity contribution < 1.29 is 0 Å². The molecular weight excluding hydrogens is 186 g/mol. The highest BCUT2D eigenvalue weighted by Crippen LogP contribution is 2.29. The van der Waals surface area contributed by atoms with Crippen molar-refractivity contribution in [1.29, 1.82) is 0 Å². The van der Waals surface area contributed by atoms with Crippen molar-refractivity contribution in [3.05, 3.63) is 42.2 Å². The zero-order valence-electron chi connectivity index (χ0n) is 8.57. The summed E-state index contributed by atoms with van der Waals surface area (Å²) in [5.41, 5.74) is 16.0. The van der Waals surface area contributed by atoms with Gasteiger partial charge in [0.15, 0.2) is 0 Å². The minimum Gasteiger partial charge on any atom is -0.399 e. The van der Waals surface area contributed by atoms with Crippen molar-refractivity contribution >= 4 is 11.4 Å². The minimum absolute atomic E-state index is 0.711. The molecule has 0 saturated carbocycles. The Morgan fingerprint density at radius 2 is 1.87 bits per heavy atom. The van der Waals surface area contributed by atoms with Gasteiger partial charge in [-0.15, -0.1) is 0 Å². The maximum Gasteiger partial charge on any atom is 0.0451 e. The smallest absolute Gasteiger partial charge is 0.0451 e. The molecule has 4 N–H and O–H groups in total. The molecule has 1 heterocycles. The van der Waals surface area contributed by atoms with E-state index in [1.807, 2.05) is 31.2 Å². The van der Waals surface area contributed by atoms with Crippen LogP contribution >= 0.6 is 0 Å². The molecule has 0 aliphatic carbocycles. The largest absolute Gasteiger partial charge is 0.399 e. The van der Waals surface area contributed by atoms with Gasteiger partial charge in [0.1, 0.15) is 0 Å². The van der Waals surface area contributed by atoms with Gasteiger partial charge >= 0.3 is 0 Å². The number of aryl methyl sites for hydroxylation is 1. The number of pyridine rings is 1. The van der Waals surface area contributed by atoms with Crippen LogP contribution in [0.3, 0.4) is 0 Å². The van der Waals surface area contributed by atoms with E-state index in [0.717, 1.165) is 22.5 Å². The Labute approximate surface area is 88.8 Å². The monoisotopic (exact) mass is 199 g/mol. The summed E-state index contributed by atoms with van der Waals surface area (Å²) in [5, 5.41) is 0. The molecule has 0 aliphatic rings. The highest BCUT2D eigenvalue weighted by Gasteiger charge is 2.05. The molecule has 0 unspecified atom stereocenters. The van der Waals surface area contributed by atoms with Gasteiger partial charge in [-0.1, -0.05) is 6.07 Å². The molecule has 15 heavy (non-hydrogen) atoms. The van der Waals surface area contributed by atoms with E-state index in [0.29, 0.717) is 5.69 Å². The van der Waals surface area contributed by atoms with Crippen LogP contribution < -0.4 is 11.5 Å². The fourth-order valence-electron chi connectivity index (χ4n) is 1.58. The highest BCUT2D eigenvalue weighted by molar-refractivity contribution is 5.80. The number of nitrogens with two attached hydrogens (primary N) is 2. The summed E-state index contributed by atoms with van der Waals surface area (Å²) in [5.74, 6) is 0. The number of nitrogen functional groups attached to an aromatic ring is 2. The van der Waals surface area contributed by atoms with Gasteiger partial charge in [-0.05, 0) is 31.2 Å². The van der Waals surface area contributed by atoms with E-state index in [1.165, 1.54) is 0 Å². The highest BCUT2D eigenvalue weighted by atomic mass is 14.7. The third-order valence-corrected chi connectivity index (χ3v) is 2.37. The molecule has 3 heteroatoms. The lowest BCUT2D eigenvalue weighted by Gasteiger charge is -2.08. The zero-order valence-corrected chi connectivity index (χ0v) is 8.57. The van der Waals surface area contributed by atoms with Crippen molar-refractivity contribution in [2.75, 3.05) is 11.5 Å². The van der Waals surface area contributed by atoms with Crippen LogP contribution in [0, 0.1) is 6.92 Å². The molecule has 1 aromatic carbocycles. The first-order valence-electron chi connectivity index (χ1n) is 4.75. The van der Waals surface area contributed by atoms with E-state index >= 15 is 0 Å². The first-order chi connectivity index (χ1) is 7.18. The van der Waals surface area contributed by atoms with Crippen LogP contribution in [-0.2, 0) is 0 Å². The van der Waals surface area contributed by atoms with E-state index < -0.39 is 0 Å². The second-order valence-corrected chi connectivity index (χ2v) is 3.48. The van der Waals surface area contributed by atoms with E-state index in [1.54, 1.807) is 12.3 Å². The summed E-state index contributed by atoms with van der Waals surface area (Å²) in [6.07, 6.45) is 1.77. The van der Waals surface area contributed by atoms with Crippen LogP contribution in [-0.4, -0.2) is 4.98 Å².